The minimum Gasteiger partial charge on any atom is -0.481 e. The van der Waals surface area contributed by atoms with Gasteiger partial charge in [-0.1, -0.05) is 6.42 Å². The van der Waals surface area contributed by atoms with Gasteiger partial charge in [-0.3, -0.25) is 4.79 Å². The van der Waals surface area contributed by atoms with Gasteiger partial charge in [-0.2, -0.15) is 0 Å². The lowest BCUT2D eigenvalue weighted by Gasteiger charge is -2.27. The SMILES string of the molecule is O=C(O)CCC(O)CNC1CCC1. The highest BCUT2D eigenvalue weighted by Gasteiger charge is 2.17. The first kappa shape index (κ1) is 10.5. The molecule has 0 aromatic rings. The van der Waals surface area contributed by atoms with E-state index in [0.29, 0.717) is 19.0 Å². The summed E-state index contributed by atoms with van der Waals surface area (Å²) in [4.78, 5) is 10.2. The van der Waals surface area contributed by atoms with Crippen molar-refractivity contribution in [2.24, 2.45) is 0 Å². The monoisotopic (exact) mass is 187 g/mol. The van der Waals surface area contributed by atoms with Gasteiger partial charge in [0.25, 0.3) is 0 Å². The molecule has 1 rings (SSSR count). The van der Waals surface area contributed by atoms with Crippen molar-refractivity contribution >= 4 is 5.97 Å². The summed E-state index contributed by atoms with van der Waals surface area (Å²) in [5.74, 6) is -0.845. The Morgan fingerprint density at radius 3 is 2.69 bits per heavy atom. The van der Waals surface area contributed by atoms with E-state index >= 15 is 0 Å². The number of carbonyl (C=O) groups is 1. The highest BCUT2D eigenvalue weighted by atomic mass is 16.4. The number of aliphatic carboxylic acids is 1. The van der Waals surface area contributed by atoms with Crippen LogP contribution in [0, 0.1) is 0 Å². The standard InChI is InChI=1S/C9H17NO3/c11-8(4-5-9(12)13)6-10-7-2-1-3-7/h7-8,10-11H,1-6H2,(H,12,13). The second kappa shape index (κ2) is 5.19. The molecule has 1 aliphatic rings. The fourth-order valence-electron chi connectivity index (χ4n) is 1.31. The van der Waals surface area contributed by atoms with Crippen molar-refractivity contribution in [2.45, 2.75) is 44.2 Å². The fourth-order valence-corrected chi connectivity index (χ4v) is 1.31. The van der Waals surface area contributed by atoms with Crippen LogP contribution in [0.3, 0.4) is 0 Å². The summed E-state index contributed by atoms with van der Waals surface area (Å²) in [7, 11) is 0. The first-order valence-corrected chi connectivity index (χ1v) is 4.81. The predicted molar refractivity (Wildman–Crippen MR) is 48.5 cm³/mol. The van der Waals surface area contributed by atoms with E-state index in [-0.39, 0.29) is 6.42 Å². The van der Waals surface area contributed by atoms with Crippen molar-refractivity contribution in [2.75, 3.05) is 6.54 Å². The minimum atomic E-state index is -0.845. The van der Waals surface area contributed by atoms with Gasteiger partial charge in [-0.05, 0) is 19.3 Å². The second-order valence-electron chi connectivity index (χ2n) is 3.62. The van der Waals surface area contributed by atoms with Crippen LogP contribution in [0.5, 0.6) is 0 Å². The molecule has 0 aliphatic heterocycles. The zero-order valence-corrected chi connectivity index (χ0v) is 7.70. The molecule has 1 saturated carbocycles. The van der Waals surface area contributed by atoms with Crippen LogP contribution in [-0.4, -0.2) is 34.9 Å². The molecule has 0 amide bonds. The van der Waals surface area contributed by atoms with Gasteiger partial charge in [0.2, 0.25) is 0 Å². The van der Waals surface area contributed by atoms with E-state index in [9.17, 15) is 9.90 Å². The summed E-state index contributed by atoms with van der Waals surface area (Å²) < 4.78 is 0. The Balaban J connectivity index is 1.96. The van der Waals surface area contributed by atoms with Crippen LogP contribution in [0.2, 0.25) is 0 Å². The first-order valence-electron chi connectivity index (χ1n) is 4.81. The predicted octanol–water partition coefficient (Wildman–Crippen LogP) is 0.354. The van der Waals surface area contributed by atoms with Crippen molar-refractivity contribution in [1.29, 1.82) is 0 Å². The molecule has 4 nitrogen and oxygen atoms in total. The molecule has 0 aromatic heterocycles. The summed E-state index contributed by atoms with van der Waals surface area (Å²) in [6, 6.07) is 0.555. The zero-order valence-electron chi connectivity index (χ0n) is 7.70. The maximum atomic E-state index is 10.2. The van der Waals surface area contributed by atoms with Crippen molar-refractivity contribution in [3.05, 3.63) is 0 Å². The van der Waals surface area contributed by atoms with Crippen LogP contribution in [0.1, 0.15) is 32.1 Å². The maximum absolute atomic E-state index is 10.2. The Bertz CT molecular complexity index is 168. The molecule has 0 radical (unpaired) electrons. The van der Waals surface area contributed by atoms with Gasteiger partial charge in [0.1, 0.15) is 0 Å². The lowest BCUT2D eigenvalue weighted by Crippen LogP contribution is -2.39. The normalized spacial score (nSPS) is 19.5. The van der Waals surface area contributed by atoms with Crippen molar-refractivity contribution in [1.82, 2.24) is 5.32 Å². The van der Waals surface area contributed by atoms with Gasteiger partial charge in [0.15, 0.2) is 0 Å². The molecule has 1 unspecified atom stereocenters. The smallest absolute Gasteiger partial charge is 0.303 e. The number of rotatable bonds is 6. The molecule has 0 aromatic carbocycles. The summed E-state index contributed by atoms with van der Waals surface area (Å²) in [6.45, 7) is 0.526. The van der Waals surface area contributed by atoms with Crippen molar-refractivity contribution < 1.29 is 15.0 Å². The van der Waals surface area contributed by atoms with Crippen molar-refractivity contribution in [3.8, 4) is 0 Å². The Morgan fingerprint density at radius 1 is 1.54 bits per heavy atom. The van der Waals surface area contributed by atoms with Gasteiger partial charge in [0, 0.05) is 19.0 Å². The molecular weight excluding hydrogens is 170 g/mol. The molecule has 0 heterocycles. The number of carboxylic acids is 1. The summed E-state index contributed by atoms with van der Waals surface area (Å²) >= 11 is 0. The highest BCUT2D eigenvalue weighted by molar-refractivity contribution is 5.66. The van der Waals surface area contributed by atoms with Crippen LogP contribution in [0.4, 0.5) is 0 Å². The molecule has 1 aliphatic carbocycles. The molecule has 0 saturated heterocycles. The average molecular weight is 187 g/mol. The lowest BCUT2D eigenvalue weighted by molar-refractivity contribution is -0.137. The molecule has 0 bridgehead atoms. The van der Waals surface area contributed by atoms with Crippen molar-refractivity contribution in [3.63, 3.8) is 0 Å². The molecule has 1 atom stereocenters. The second-order valence-corrected chi connectivity index (χ2v) is 3.62. The summed E-state index contributed by atoms with van der Waals surface area (Å²) in [6.07, 6.45) is 3.51. The van der Waals surface area contributed by atoms with Gasteiger partial charge in [-0.15, -0.1) is 0 Å². The molecular formula is C9H17NO3. The van der Waals surface area contributed by atoms with E-state index in [0.717, 1.165) is 0 Å². The van der Waals surface area contributed by atoms with Gasteiger partial charge < -0.3 is 15.5 Å². The van der Waals surface area contributed by atoms with E-state index in [1.54, 1.807) is 0 Å². The molecule has 0 spiro atoms. The van der Waals surface area contributed by atoms with Crippen LogP contribution in [0.25, 0.3) is 0 Å². The number of nitrogens with one attached hydrogen (secondary N) is 1. The van der Waals surface area contributed by atoms with E-state index in [4.69, 9.17) is 5.11 Å². The third-order valence-electron chi connectivity index (χ3n) is 2.44. The topological polar surface area (TPSA) is 69.6 Å². The Kier molecular flexibility index (Phi) is 4.18. The van der Waals surface area contributed by atoms with Gasteiger partial charge in [-0.25, -0.2) is 0 Å². The van der Waals surface area contributed by atoms with Crippen LogP contribution in [-0.2, 0) is 4.79 Å². The number of aliphatic hydroxyl groups is 1. The molecule has 76 valence electrons. The first-order chi connectivity index (χ1) is 6.18. The number of hydrogen-bond acceptors (Lipinski definition) is 3. The van der Waals surface area contributed by atoms with Gasteiger partial charge >= 0.3 is 5.97 Å². The van der Waals surface area contributed by atoms with E-state index in [1.807, 2.05) is 0 Å². The summed E-state index contributed by atoms with van der Waals surface area (Å²) in [5, 5.41) is 20.9. The van der Waals surface area contributed by atoms with E-state index in [1.165, 1.54) is 19.3 Å². The molecule has 4 heteroatoms. The Morgan fingerprint density at radius 2 is 2.23 bits per heavy atom. The quantitative estimate of drug-likeness (QED) is 0.561. The third-order valence-corrected chi connectivity index (χ3v) is 2.44. The third kappa shape index (κ3) is 4.24. The zero-order chi connectivity index (χ0) is 9.68. The molecule has 3 N–H and O–H groups in total. The maximum Gasteiger partial charge on any atom is 0.303 e. The van der Waals surface area contributed by atoms with Crippen LogP contribution >= 0.6 is 0 Å². The van der Waals surface area contributed by atoms with E-state index < -0.39 is 12.1 Å². The number of aliphatic hydroxyl groups excluding tert-OH is 1. The fraction of sp³-hybridized carbons (Fsp3) is 0.889. The molecule has 1 fully saturated rings. The number of carboxylic acid groups (broad SMARTS) is 1. The Hall–Kier alpha value is -0.610. The van der Waals surface area contributed by atoms with Crippen LogP contribution in [0.15, 0.2) is 0 Å². The lowest BCUT2D eigenvalue weighted by atomic mass is 9.93. The highest BCUT2D eigenvalue weighted by Crippen LogP contribution is 2.17. The minimum absolute atomic E-state index is 0.0491. The Labute approximate surface area is 78.0 Å². The largest absolute Gasteiger partial charge is 0.481 e. The number of hydrogen-bond donors (Lipinski definition) is 3. The summed E-state index contributed by atoms with van der Waals surface area (Å²) in [5.41, 5.74) is 0. The molecule has 13 heavy (non-hydrogen) atoms. The average Bonchev–Trinajstić information content (AvgIpc) is 1.98. The van der Waals surface area contributed by atoms with Crippen LogP contribution < -0.4 is 5.32 Å². The van der Waals surface area contributed by atoms with Gasteiger partial charge in [0.05, 0.1) is 6.10 Å². The van der Waals surface area contributed by atoms with E-state index in [2.05, 4.69) is 5.32 Å².